The Kier molecular flexibility index (Phi) is 5.18. The first kappa shape index (κ1) is 17.9. The fourth-order valence-electron chi connectivity index (χ4n) is 2.27. The van der Waals surface area contributed by atoms with E-state index in [-0.39, 0.29) is 18.1 Å². The minimum absolute atomic E-state index is 0.150. The van der Waals surface area contributed by atoms with E-state index >= 15 is 0 Å². The van der Waals surface area contributed by atoms with Crippen LogP contribution < -0.4 is 0 Å². The zero-order valence-electron chi connectivity index (χ0n) is 14.8. The number of carbonyl (C=O) groups is 2. The summed E-state index contributed by atoms with van der Waals surface area (Å²) in [5.74, 6) is 5.73. The number of hydrogen-bond donors (Lipinski definition) is 0. The van der Waals surface area contributed by atoms with E-state index in [4.69, 9.17) is 9.47 Å². The summed E-state index contributed by atoms with van der Waals surface area (Å²) < 4.78 is 10.1. The monoisotopic (exact) mass is 329 g/mol. The smallest absolute Gasteiger partial charge is 0.411 e. The Bertz CT molecular complexity index is 706. The van der Waals surface area contributed by atoms with Crippen molar-refractivity contribution in [1.82, 2.24) is 4.90 Å². The number of amides is 1. The molecule has 0 saturated carbocycles. The average Bonchev–Trinajstić information content (AvgIpc) is 2.45. The molecule has 1 fully saturated rings. The van der Waals surface area contributed by atoms with Gasteiger partial charge in [0.05, 0.1) is 18.7 Å². The molecule has 1 unspecified atom stereocenters. The van der Waals surface area contributed by atoms with Crippen molar-refractivity contribution in [2.24, 2.45) is 0 Å². The minimum Gasteiger partial charge on any atom is -0.465 e. The van der Waals surface area contributed by atoms with Crippen LogP contribution >= 0.6 is 0 Å². The molecule has 1 aromatic carbocycles. The Hall–Kier alpha value is -2.48. The van der Waals surface area contributed by atoms with E-state index in [0.29, 0.717) is 12.1 Å². The number of likely N-dealkylation sites (tertiary alicyclic amines) is 1. The fourth-order valence-corrected chi connectivity index (χ4v) is 2.27. The molecule has 0 spiro atoms. The van der Waals surface area contributed by atoms with E-state index in [2.05, 4.69) is 11.8 Å². The van der Waals surface area contributed by atoms with Gasteiger partial charge in [-0.25, -0.2) is 9.59 Å². The summed E-state index contributed by atoms with van der Waals surface area (Å²) in [7, 11) is 1.35. The van der Waals surface area contributed by atoms with Crippen LogP contribution in [-0.2, 0) is 9.47 Å². The van der Waals surface area contributed by atoms with Crippen molar-refractivity contribution in [2.45, 2.75) is 45.8 Å². The number of esters is 1. The molecule has 0 N–H and O–H groups in total. The molecule has 24 heavy (non-hydrogen) atoms. The Morgan fingerprint density at radius 3 is 2.54 bits per heavy atom. The van der Waals surface area contributed by atoms with Gasteiger partial charge in [-0.15, -0.1) is 0 Å². The number of nitrogens with zero attached hydrogens (tertiary/aromatic N) is 1. The van der Waals surface area contributed by atoms with Gasteiger partial charge in [0, 0.05) is 12.1 Å². The zero-order chi connectivity index (χ0) is 17.9. The van der Waals surface area contributed by atoms with Crippen molar-refractivity contribution in [2.75, 3.05) is 13.7 Å². The second kappa shape index (κ2) is 6.96. The van der Waals surface area contributed by atoms with Crippen LogP contribution in [0.5, 0.6) is 0 Å². The van der Waals surface area contributed by atoms with Crippen molar-refractivity contribution >= 4 is 12.1 Å². The summed E-state index contributed by atoms with van der Waals surface area (Å²) >= 11 is 0. The van der Waals surface area contributed by atoms with E-state index in [1.165, 1.54) is 7.11 Å². The number of ether oxygens (including phenoxy) is 2. The summed E-state index contributed by atoms with van der Waals surface area (Å²) in [6, 6.07) is 5.25. The maximum atomic E-state index is 12.1. The van der Waals surface area contributed by atoms with Crippen LogP contribution in [0.15, 0.2) is 18.2 Å². The highest BCUT2D eigenvalue weighted by molar-refractivity contribution is 5.91. The topological polar surface area (TPSA) is 55.8 Å². The Balaban J connectivity index is 2.10. The number of carbonyl (C=O) groups excluding carboxylic acids is 2. The molecule has 1 saturated heterocycles. The van der Waals surface area contributed by atoms with Gasteiger partial charge < -0.3 is 9.47 Å². The quantitative estimate of drug-likeness (QED) is 0.587. The zero-order valence-corrected chi connectivity index (χ0v) is 14.8. The summed E-state index contributed by atoms with van der Waals surface area (Å²) in [6.07, 6.45) is 0.481. The Morgan fingerprint density at radius 2 is 2.00 bits per heavy atom. The van der Waals surface area contributed by atoms with Crippen molar-refractivity contribution in [3.05, 3.63) is 34.9 Å². The lowest BCUT2D eigenvalue weighted by Crippen LogP contribution is -2.52. The molecule has 0 bridgehead atoms. The standard InChI is InChI=1S/C19H23NO4/c1-13-6-7-14(12-16(13)17(21)23-5)8-9-15-10-11-20(15)18(22)24-19(2,3)4/h6-7,12,15H,10-11H2,1-5H3. The summed E-state index contributed by atoms with van der Waals surface area (Å²) in [4.78, 5) is 25.4. The molecule has 1 aromatic rings. The number of benzene rings is 1. The predicted molar refractivity (Wildman–Crippen MR) is 90.7 cm³/mol. The molecular weight excluding hydrogens is 306 g/mol. The van der Waals surface area contributed by atoms with Crippen LogP contribution in [-0.4, -0.2) is 42.3 Å². The second-order valence-corrected chi connectivity index (χ2v) is 6.77. The van der Waals surface area contributed by atoms with E-state index in [9.17, 15) is 9.59 Å². The molecule has 0 radical (unpaired) electrons. The lowest BCUT2D eigenvalue weighted by atomic mass is 10.0. The van der Waals surface area contributed by atoms with Gasteiger partial charge >= 0.3 is 12.1 Å². The van der Waals surface area contributed by atoms with Crippen LogP contribution in [0.4, 0.5) is 4.79 Å². The number of hydrogen-bond acceptors (Lipinski definition) is 4. The van der Waals surface area contributed by atoms with Crippen LogP contribution in [0.25, 0.3) is 0 Å². The molecule has 0 aliphatic carbocycles. The van der Waals surface area contributed by atoms with E-state index < -0.39 is 5.60 Å². The third-order valence-electron chi connectivity index (χ3n) is 3.67. The van der Waals surface area contributed by atoms with Crippen molar-refractivity contribution in [1.29, 1.82) is 0 Å². The Morgan fingerprint density at radius 1 is 1.29 bits per heavy atom. The molecule has 0 aromatic heterocycles. The lowest BCUT2D eigenvalue weighted by Gasteiger charge is -2.38. The maximum absolute atomic E-state index is 12.1. The van der Waals surface area contributed by atoms with E-state index in [0.717, 1.165) is 17.5 Å². The van der Waals surface area contributed by atoms with Gasteiger partial charge in [-0.3, -0.25) is 4.90 Å². The Labute approximate surface area is 142 Å². The summed E-state index contributed by atoms with van der Waals surface area (Å²) in [5, 5.41) is 0. The maximum Gasteiger partial charge on any atom is 0.411 e. The highest BCUT2D eigenvalue weighted by Crippen LogP contribution is 2.21. The number of methoxy groups -OCH3 is 1. The van der Waals surface area contributed by atoms with Gasteiger partial charge in [-0.1, -0.05) is 17.9 Å². The van der Waals surface area contributed by atoms with Gasteiger partial charge in [-0.05, 0) is 51.8 Å². The largest absolute Gasteiger partial charge is 0.465 e. The molecule has 1 aliphatic heterocycles. The van der Waals surface area contributed by atoms with Crippen LogP contribution in [0, 0.1) is 18.8 Å². The van der Waals surface area contributed by atoms with Crippen LogP contribution in [0.3, 0.4) is 0 Å². The third-order valence-corrected chi connectivity index (χ3v) is 3.67. The summed E-state index contributed by atoms with van der Waals surface area (Å²) in [5.41, 5.74) is 1.54. The van der Waals surface area contributed by atoms with Crippen molar-refractivity contribution in [3.63, 3.8) is 0 Å². The van der Waals surface area contributed by atoms with Gasteiger partial charge in [0.25, 0.3) is 0 Å². The molecule has 128 valence electrons. The molecule has 1 amide bonds. The molecule has 2 rings (SSSR count). The third kappa shape index (κ3) is 4.29. The first-order valence-electron chi connectivity index (χ1n) is 7.91. The number of aryl methyl sites for hydroxylation is 1. The normalized spacial score (nSPS) is 16.5. The van der Waals surface area contributed by atoms with Gasteiger partial charge in [0.1, 0.15) is 5.60 Å². The van der Waals surface area contributed by atoms with Gasteiger partial charge in [0.2, 0.25) is 0 Å². The molecule has 1 heterocycles. The molecule has 1 atom stereocenters. The van der Waals surface area contributed by atoms with Crippen LogP contribution in [0.2, 0.25) is 0 Å². The van der Waals surface area contributed by atoms with Crippen LogP contribution in [0.1, 0.15) is 48.7 Å². The minimum atomic E-state index is -0.517. The molecule has 1 aliphatic rings. The molecule has 5 heteroatoms. The fraction of sp³-hybridized carbons (Fsp3) is 0.474. The van der Waals surface area contributed by atoms with E-state index in [1.54, 1.807) is 11.0 Å². The number of rotatable bonds is 1. The predicted octanol–water partition coefficient (Wildman–Crippen LogP) is 3.14. The SMILES string of the molecule is COC(=O)c1cc(C#CC2CCN2C(=O)OC(C)(C)C)ccc1C. The van der Waals surface area contributed by atoms with Crippen molar-refractivity contribution in [3.8, 4) is 11.8 Å². The molecular formula is C19H23NO4. The van der Waals surface area contributed by atoms with Gasteiger partial charge in [0.15, 0.2) is 0 Å². The van der Waals surface area contributed by atoms with E-state index in [1.807, 2.05) is 39.8 Å². The summed E-state index contributed by atoms with van der Waals surface area (Å²) in [6.45, 7) is 8.01. The highest BCUT2D eigenvalue weighted by atomic mass is 16.6. The highest BCUT2D eigenvalue weighted by Gasteiger charge is 2.34. The second-order valence-electron chi connectivity index (χ2n) is 6.77. The average molecular weight is 329 g/mol. The van der Waals surface area contributed by atoms with Gasteiger partial charge in [-0.2, -0.15) is 0 Å². The first-order chi connectivity index (χ1) is 11.2. The molecule has 5 nitrogen and oxygen atoms in total. The first-order valence-corrected chi connectivity index (χ1v) is 7.91. The lowest BCUT2D eigenvalue weighted by molar-refractivity contribution is 0.00417. The van der Waals surface area contributed by atoms with Crippen molar-refractivity contribution < 1.29 is 19.1 Å².